The second-order valence-electron chi connectivity index (χ2n) is 25.8. The van der Waals surface area contributed by atoms with Gasteiger partial charge in [0.2, 0.25) is 0 Å². The minimum absolute atomic E-state index is 0. The van der Waals surface area contributed by atoms with Crippen molar-refractivity contribution in [2.24, 2.45) is 85.2 Å². The lowest BCUT2D eigenvalue weighted by atomic mass is 9.56. The molecule has 5 rings (SSSR count). The molecule has 0 aromatic rings. The normalized spacial score (nSPS) is 20.1. The molecule has 0 aromatic carbocycles. The van der Waals surface area contributed by atoms with E-state index in [0.29, 0.717) is 32.5 Å². The summed E-state index contributed by atoms with van der Waals surface area (Å²) in [6.07, 6.45) is 29.3. The Morgan fingerprint density at radius 1 is 0.221 bits per heavy atom. The van der Waals surface area contributed by atoms with Gasteiger partial charge in [-0.2, -0.15) is 0 Å². The van der Waals surface area contributed by atoms with Crippen molar-refractivity contribution in [1.29, 1.82) is 0 Å². The maximum atomic E-state index is 2.44. The number of hydrogen-bond donors (Lipinski definition) is 0. The number of rotatable bonds is 8. The molecule has 0 N–H and O–H groups in total. The average Bonchev–Trinajstić information content (AvgIpc) is 4.01. The van der Waals surface area contributed by atoms with E-state index in [0.717, 1.165) is 52.8 Å². The van der Waals surface area contributed by atoms with Gasteiger partial charge in [-0.05, 0) is 149 Å². The van der Waals surface area contributed by atoms with Crippen molar-refractivity contribution in [2.45, 2.75) is 357 Å². The van der Waals surface area contributed by atoms with Crippen LogP contribution in [0.3, 0.4) is 0 Å². The van der Waals surface area contributed by atoms with E-state index in [4.69, 9.17) is 0 Å². The molecule has 0 spiro atoms. The lowest BCUT2D eigenvalue weighted by molar-refractivity contribution is 0.0133. The largest absolute Gasteiger partial charge is 0.0776 e. The summed E-state index contributed by atoms with van der Waals surface area (Å²) in [5, 5.41) is 0. The molecule has 0 saturated heterocycles. The van der Waals surface area contributed by atoms with Crippen molar-refractivity contribution in [3.8, 4) is 0 Å². The second kappa shape index (κ2) is 39.5. The molecule has 0 amide bonds. The summed E-state index contributed by atoms with van der Waals surface area (Å²) in [5.74, 6) is 6.99. The Bertz CT molecular complexity index is 994. The molecule has 0 radical (unpaired) electrons. The van der Waals surface area contributed by atoms with Gasteiger partial charge < -0.3 is 0 Å². The van der Waals surface area contributed by atoms with E-state index in [-0.39, 0.29) is 7.43 Å². The van der Waals surface area contributed by atoms with Crippen molar-refractivity contribution >= 4 is 0 Å². The highest BCUT2D eigenvalue weighted by molar-refractivity contribution is 5.03. The molecule has 5 aliphatic carbocycles. The van der Waals surface area contributed by atoms with Crippen LogP contribution in [0.5, 0.6) is 0 Å². The van der Waals surface area contributed by atoms with Crippen LogP contribution in [0.25, 0.3) is 0 Å². The molecular formula is C68H148. The molecule has 5 fully saturated rings. The zero-order chi connectivity index (χ0) is 54.3. The summed E-state index contributed by atoms with van der Waals surface area (Å²) in [7, 11) is 0. The fourth-order valence-electron chi connectivity index (χ4n) is 14.2. The Kier molecular flexibility index (Phi) is 46.1. The average molecular weight is 966 g/mol. The summed E-state index contributed by atoms with van der Waals surface area (Å²) in [6.45, 7) is 72.7. The SMILES string of the molecule is C.CC.CC.CC.CC.CC.CC(C)C1(C(C)(C)C)CC1.CC(C)C1(C(C)(C)C)CCCCCC1.CC(C)C1(C(C)C)CCC1.CC(C)C1(C(C)C)CCCC1.CC(C)C1(C(C)C)CCCCC1. The zero-order valence-corrected chi connectivity index (χ0v) is 54.3. The Labute approximate surface area is 440 Å². The predicted octanol–water partition coefficient (Wildman–Crippen LogP) is 25.8. The van der Waals surface area contributed by atoms with Crippen molar-refractivity contribution in [2.75, 3.05) is 0 Å². The van der Waals surface area contributed by atoms with Crippen LogP contribution in [0.15, 0.2) is 0 Å². The molecule has 0 heterocycles. The standard InChI is InChI=1S/C14H28.C12H24.C11H22.2C10H20.5C2H6.CH4/c1-12(2)14(13(3,4)5)10-8-6-7-9-11-14;1-10(2)12(11(3)4)8-6-5-7-9-12;1-9(2)11(10(3)4)7-5-6-8-11;1-8(2)10(6-7-10)9(3,4)5;1-8(2)10(9(3)4)6-5-7-10;5*1-2;/h12H,6-11H2,1-5H3;10-11H,5-9H2,1-4H3;9-10H,5-8H2,1-4H3;8H,6-7H2,1-5H3;8-9H,5-7H2,1-4H3;5*1-2H3;1H4. The highest BCUT2D eigenvalue weighted by Gasteiger charge is 2.53. The minimum atomic E-state index is 0. The van der Waals surface area contributed by atoms with Crippen molar-refractivity contribution in [1.82, 2.24) is 0 Å². The molecule has 5 aliphatic rings. The van der Waals surface area contributed by atoms with E-state index in [1.165, 1.54) is 128 Å². The molecule has 0 aliphatic heterocycles. The first-order valence-electron chi connectivity index (χ1n) is 31.1. The third kappa shape index (κ3) is 23.5. The summed E-state index contributed by atoms with van der Waals surface area (Å²) < 4.78 is 0. The molecule has 0 aromatic heterocycles. The van der Waals surface area contributed by atoms with Gasteiger partial charge >= 0.3 is 0 Å². The minimum Gasteiger partial charge on any atom is -0.0776 e. The van der Waals surface area contributed by atoms with Gasteiger partial charge in [-0.25, -0.2) is 0 Å². The summed E-state index contributed by atoms with van der Waals surface area (Å²) in [5.41, 5.74) is 4.39. The first-order chi connectivity index (χ1) is 31.1. The van der Waals surface area contributed by atoms with Crippen LogP contribution in [0.4, 0.5) is 0 Å². The van der Waals surface area contributed by atoms with Gasteiger partial charge in [-0.1, -0.05) is 293 Å². The summed E-state index contributed by atoms with van der Waals surface area (Å²) in [4.78, 5) is 0. The highest BCUT2D eigenvalue weighted by Crippen LogP contribution is 2.63. The van der Waals surface area contributed by atoms with Gasteiger partial charge in [0.25, 0.3) is 0 Å². The van der Waals surface area contributed by atoms with E-state index >= 15 is 0 Å². The monoisotopic (exact) mass is 965 g/mol. The molecule has 420 valence electrons. The van der Waals surface area contributed by atoms with Gasteiger partial charge in [-0.15, -0.1) is 0 Å². The quantitative estimate of drug-likeness (QED) is 0.213. The van der Waals surface area contributed by atoms with Crippen LogP contribution in [0.1, 0.15) is 357 Å². The third-order valence-corrected chi connectivity index (χ3v) is 19.5. The molecule has 0 heteroatoms. The van der Waals surface area contributed by atoms with Crippen LogP contribution in [-0.4, -0.2) is 0 Å². The molecule has 0 unspecified atom stereocenters. The smallest absolute Gasteiger partial charge is 0.0225 e. The molecule has 0 bridgehead atoms. The van der Waals surface area contributed by atoms with Crippen molar-refractivity contribution in [3.05, 3.63) is 0 Å². The second-order valence-corrected chi connectivity index (χ2v) is 25.8. The van der Waals surface area contributed by atoms with Crippen LogP contribution < -0.4 is 0 Å². The molecule has 0 atom stereocenters. The Morgan fingerprint density at radius 3 is 0.500 bits per heavy atom. The van der Waals surface area contributed by atoms with Crippen molar-refractivity contribution in [3.63, 3.8) is 0 Å². The summed E-state index contributed by atoms with van der Waals surface area (Å²) in [6, 6.07) is 0. The zero-order valence-electron chi connectivity index (χ0n) is 54.3. The lowest BCUT2D eigenvalue weighted by Gasteiger charge is -2.49. The first kappa shape index (κ1) is 79.4. The first-order valence-corrected chi connectivity index (χ1v) is 31.1. The maximum Gasteiger partial charge on any atom is -0.0225 e. The number of hydrogen-bond acceptors (Lipinski definition) is 0. The predicted molar refractivity (Wildman–Crippen MR) is 326 cm³/mol. The van der Waals surface area contributed by atoms with Crippen molar-refractivity contribution < 1.29 is 0 Å². The topological polar surface area (TPSA) is 0 Å². The maximum absolute atomic E-state index is 2.44. The fraction of sp³-hybridized carbons (Fsp3) is 1.00. The Hall–Kier alpha value is 0. The van der Waals surface area contributed by atoms with E-state index < -0.39 is 0 Å². The summed E-state index contributed by atoms with van der Waals surface area (Å²) >= 11 is 0. The van der Waals surface area contributed by atoms with E-state index in [2.05, 4.69) is 152 Å². The van der Waals surface area contributed by atoms with Gasteiger partial charge in [0.15, 0.2) is 0 Å². The van der Waals surface area contributed by atoms with E-state index in [9.17, 15) is 0 Å². The fourth-order valence-corrected chi connectivity index (χ4v) is 14.2. The van der Waals surface area contributed by atoms with Gasteiger partial charge in [0, 0.05) is 0 Å². The van der Waals surface area contributed by atoms with Crippen LogP contribution in [-0.2, 0) is 0 Å². The molecular weight excluding hydrogens is 817 g/mol. The Morgan fingerprint density at radius 2 is 0.382 bits per heavy atom. The molecule has 68 heavy (non-hydrogen) atoms. The van der Waals surface area contributed by atoms with E-state index in [1.54, 1.807) is 0 Å². The van der Waals surface area contributed by atoms with Gasteiger partial charge in [0.1, 0.15) is 0 Å². The lowest BCUT2D eigenvalue weighted by Crippen LogP contribution is -2.40. The van der Waals surface area contributed by atoms with Crippen LogP contribution in [0, 0.1) is 85.2 Å². The third-order valence-electron chi connectivity index (χ3n) is 19.5. The van der Waals surface area contributed by atoms with Gasteiger partial charge in [0.05, 0.1) is 0 Å². The van der Waals surface area contributed by atoms with Gasteiger partial charge in [-0.3, -0.25) is 0 Å². The Balaban J connectivity index is -0.000000169. The molecule has 5 saturated carbocycles. The van der Waals surface area contributed by atoms with Crippen LogP contribution in [0.2, 0.25) is 0 Å². The molecule has 0 nitrogen and oxygen atoms in total. The highest BCUT2D eigenvalue weighted by atomic mass is 14.6. The van der Waals surface area contributed by atoms with Crippen LogP contribution >= 0.6 is 0 Å². The van der Waals surface area contributed by atoms with E-state index in [1.807, 2.05) is 69.2 Å².